The highest BCUT2D eigenvalue weighted by Gasteiger charge is 2.21. The van der Waals surface area contributed by atoms with Crippen molar-refractivity contribution in [3.05, 3.63) is 67.2 Å². The molecule has 118 valence electrons. The molecule has 3 heterocycles. The maximum Gasteiger partial charge on any atom is 0.264 e. The summed E-state index contributed by atoms with van der Waals surface area (Å²) in [4.78, 5) is 4.07. The van der Waals surface area contributed by atoms with Gasteiger partial charge in [0.25, 0.3) is 5.89 Å². The fraction of sp³-hybridized carbons (Fsp3) is 0.0556. The summed E-state index contributed by atoms with van der Waals surface area (Å²) < 4.78 is 20.7. The topological polar surface area (TPSA) is 56.7 Å². The fourth-order valence-corrected chi connectivity index (χ4v) is 2.82. The molecule has 0 fully saturated rings. The second-order valence-electron chi connectivity index (χ2n) is 5.36. The summed E-state index contributed by atoms with van der Waals surface area (Å²) in [6.07, 6.45) is 6.77. The van der Waals surface area contributed by atoms with E-state index in [1.54, 1.807) is 24.5 Å². The molecular weight excluding hydrogens is 307 g/mol. The molecule has 24 heavy (non-hydrogen) atoms. The number of hydrogen-bond acceptors (Lipinski definition) is 4. The first-order valence-corrected chi connectivity index (χ1v) is 7.36. The van der Waals surface area contributed by atoms with Crippen LogP contribution in [0.4, 0.5) is 4.39 Å². The zero-order chi connectivity index (χ0) is 16.5. The smallest absolute Gasteiger partial charge is 0.264 e. The Morgan fingerprint density at radius 2 is 1.75 bits per heavy atom. The van der Waals surface area contributed by atoms with Crippen LogP contribution in [0.15, 0.2) is 65.8 Å². The summed E-state index contributed by atoms with van der Waals surface area (Å²) >= 11 is 0. The Balaban J connectivity index is 2.02. The lowest BCUT2D eigenvalue weighted by molar-refractivity contribution is 0.563. The molecule has 4 rings (SSSR count). The molecule has 0 amide bonds. The van der Waals surface area contributed by atoms with E-state index < -0.39 is 0 Å². The van der Waals surface area contributed by atoms with Crippen LogP contribution in [0.5, 0.6) is 0 Å². The maximum absolute atomic E-state index is 13.4. The molecule has 1 aromatic carbocycles. The van der Waals surface area contributed by atoms with Gasteiger partial charge in [0.2, 0.25) is 6.39 Å². The van der Waals surface area contributed by atoms with Gasteiger partial charge in [0, 0.05) is 36.8 Å². The molecule has 5 nitrogen and oxygen atoms in total. The number of aryl methyl sites for hydroxylation is 1. The van der Waals surface area contributed by atoms with Crippen molar-refractivity contribution in [3.63, 3.8) is 0 Å². The molecule has 0 spiro atoms. The van der Waals surface area contributed by atoms with Crippen LogP contribution in [0.3, 0.4) is 0 Å². The predicted octanol–water partition coefficient (Wildman–Crippen LogP) is 3.94. The Kier molecular flexibility index (Phi) is 3.42. The standard InChI is InChI=1S/C18H13FN4O/c1-23-10-15(12-6-8-20-9-7-12)16(13-2-4-14(19)5-3-13)17(23)18-22-21-11-24-18/h2-11H,1H3. The molecule has 6 heteroatoms. The summed E-state index contributed by atoms with van der Waals surface area (Å²) in [5.41, 5.74) is 4.56. The van der Waals surface area contributed by atoms with E-state index in [0.29, 0.717) is 5.89 Å². The Labute approximate surface area is 137 Å². The predicted molar refractivity (Wildman–Crippen MR) is 87.3 cm³/mol. The Morgan fingerprint density at radius 1 is 1.00 bits per heavy atom. The first-order chi connectivity index (χ1) is 11.7. The minimum absolute atomic E-state index is 0.278. The third-order valence-corrected chi connectivity index (χ3v) is 3.87. The first-order valence-electron chi connectivity index (χ1n) is 7.36. The molecule has 0 radical (unpaired) electrons. The van der Waals surface area contributed by atoms with Gasteiger partial charge in [-0.25, -0.2) is 4.39 Å². The number of aromatic nitrogens is 4. The summed E-state index contributed by atoms with van der Waals surface area (Å²) in [6.45, 7) is 0. The lowest BCUT2D eigenvalue weighted by Gasteiger charge is -2.07. The van der Waals surface area contributed by atoms with Gasteiger partial charge in [0.05, 0.1) is 0 Å². The van der Waals surface area contributed by atoms with Gasteiger partial charge in [-0.2, -0.15) is 0 Å². The molecule has 4 aromatic rings. The van der Waals surface area contributed by atoms with Gasteiger partial charge in [-0.1, -0.05) is 12.1 Å². The van der Waals surface area contributed by atoms with E-state index in [1.807, 2.05) is 29.9 Å². The van der Waals surface area contributed by atoms with Gasteiger partial charge in [0.15, 0.2) is 0 Å². The molecule has 0 N–H and O–H groups in total. The van der Waals surface area contributed by atoms with Crippen molar-refractivity contribution < 1.29 is 8.81 Å². The third kappa shape index (κ3) is 2.38. The van der Waals surface area contributed by atoms with Crippen LogP contribution >= 0.6 is 0 Å². The van der Waals surface area contributed by atoms with Crippen molar-refractivity contribution in [3.8, 4) is 33.8 Å². The van der Waals surface area contributed by atoms with E-state index in [1.165, 1.54) is 18.5 Å². The van der Waals surface area contributed by atoms with Gasteiger partial charge in [-0.3, -0.25) is 4.98 Å². The van der Waals surface area contributed by atoms with Crippen LogP contribution in [-0.2, 0) is 7.05 Å². The molecule has 3 aromatic heterocycles. The molecule has 0 unspecified atom stereocenters. The van der Waals surface area contributed by atoms with Crippen LogP contribution in [0.25, 0.3) is 33.8 Å². The molecule has 0 aliphatic rings. The summed E-state index contributed by atoms with van der Waals surface area (Å²) in [7, 11) is 1.91. The van der Waals surface area contributed by atoms with Gasteiger partial charge in [-0.05, 0) is 35.4 Å². The molecule has 0 bridgehead atoms. The van der Waals surface area contributed by atoms with Crippen LogP contribution in [0, 0.1) is 5.82 Å². The SMILES string of the molecule is Cn1cc(-c2ccncc2)c(-c2ccc(F)cc2)c1-c1nnco1. The number of nitrogens with zero attached hydrogens (tertiary/aromatic N) is 4. The van der Waals surface area contributed by atoms with Crippen LogP contribution in [0.1, 0.15) is 0 Å². The highest BCUT2D eigenvalue weighted by atomic mass is 19.1. The highest BCUT2D eigenvalue weighted by Crippen LogP contribution is 2.40. The molecule has 0 saturated heterocycles. The zero-order valence-electron chi connectivity index (χ0n) is 12.8. The number of pyridine rings is 1. The zero-order valence-corrected chi connectivity index (χ0v) is 12.8. The van der Waals surface area contributed by atoms with Gasteiger partial charge in [0.1, 0.15) is 11.5 Å². The van der Waals surface area contributed by atoms with E-state index in [0.717, 1.165) is 27.9 Å². The minimum Gasteiger partial charge on any atom is -0.422 e. The van der Waals surface area contributed by atoms with Gasteiger partial charge >= 0.3 is 0 Å². The number of benzene rings is 1. The van der Waals surface area contributed by atoms with Crippen LogP contribution < -0.4 is 0 Å². The van der Waals surface area contributed by atoms with Crippen molar-refractivity contribution >= 4 is 0 Å². The Hall–Kier alpha value is -3.28. The van der Waals surface area contributed by atoms with E-state index in [-0.39, 0.29) is 5.82 Å². The molecule has 0 aliphatic heterocycles. The average Bonchev–Trinajstić information content (AvgIpc) is 3.24. The fourth-order valence-electron chi connectivity index (χ4n) is 2.82. The molecule has 0 aliphatic carbocycles. The average molecular weight is 320 g/mol. The first kappa shape index (κ1) is 14.3. The summed E-state index contributed by atoms with van der Waals surface area (Å²) in [5.74, 6) is 0.136. The van der Waals surface area contributed by atoms with Gasteiger partial charge in [-0.15, -0.1) is 10.2 Å². The van der Waals surface area contributed by atoms with Crippen molar-refractivity contribution in [2.45, 2.75) is 0 Å². The Morgan fingerprint density at radius 3 is 2.42 bits per heavy atom. The minimum atomic E-state index is -0.278. The van der Waals surface area contributed by atoms with Crippen molar-refractivity contribution in [1.29, 1.82) is 0 Å². The lowest BCUT2D eigenvalue weighted by Crippen LogP contribution is -1.92. The van der Waals surface area contributed by atoms with Gasteiger partial charge < -0.3 is 8.98 Å². The van der Waals surface area contributed by atoms with Crippen molar-refractivity contribution in [2.24, 2.45) is 7.05 Å². The molecule has 0 saturated carbocycles. The van der Waals surface area contributed by atoms with E-state index in [9.17, 15) is 4.39 Å². The molecule has 0 atom stereocenters. The largest absolute Gasteiger partial charge is 0.422 e. The second-order valence-corrected chi connectivity index (χ2v) is 5.36. The van der Waals surface area contributed by atoms with Crippen LogP contribution in [-0.4, -0.2) is 19.7 Å². The second kappa shape index (κ2) is 5.73. The number of hydrogen-bond donors (Lipinski definition) is 0. The third-order valence-electron chi connectivity index (χ3n) is 3.87. The molecular formula is C18H13FN4O. The monoisotopic (exact) mass is 320 g/mol. The van der Waals surface area contributed by atoms with Crippen molar-refractivity contribution in [1.82, 2.24) is 19.7 Å². The number of halogens is 1. The highest BCUT2D eigenvalue weighted by molar-refractivity contribution is 5.92. The van der Waals surface area contributed by atoms with E-state index in [4.69, 9.17) is 4.42 Å². The lowest BCUT2D eigenvalue weighted by atomic mass is 9.97. The van der Waals surface area contributed by atoms with Crippen LogP contribution in [0.2, 0.25) is 0 Å². The van der Waals surface area contributed by atoms with Crippen molar-refractivity contribution in [2.75, 3.05) is 0 Å². The van der Waals surface area contributed by atoms with E-state index in [2.05, 4.69) is 15.2 Å². The quantitative estimate of drug-likeness (QED) is 0.573. The normalized spacial score (nSPS) is 10.9. The summed E-state index contributed by atoms with van der Waals surface area (Å²) in [5, 5.41) is 7.80. The summed E-state index contributed by atoms with van der Waals surface area (Å²) in [6, 6.07) is 10.2. The maximum atomic E-state index is 13.4. The Bertz CT molecular complexity index is 960. The number of rotatable bonds is 3. The van der Waals surface area contributed by atoms with E-state index >= 15 is 0 Å².